The number of rotatable bonds is 4. The van der Waals surface area contributed by atoms with E-state index in [1.807, 2.05) is 0 Å². The van der Waals surface area contributed by atoms with E-state index in [-0.39, 0.29) is 11.0 Å². The van der Waals surface area contributed by atoms with E-state index in [1.165, 1.54) is 0 Å². The quantitative estimate of drug-likeness (QED) is 0.824. The number of methoxy groups -OCH3 is 1. The predicted octanol–water partition coefficient (Wildman–Crippen LogP) is 1.79. The van der Waals surface area contributed by atoms with Crippen LogP contribution >= 0.6 is 12.6 Å². The van der Waals surface area contributed by atoms with E-state index in [4.69, 9.17) is 4.74 Å². The van der Waals surface area contributed by atoms with Gasteiger partial charge in [0, 0.05) is 5.25 Å². The average molecular weight is 246 g/mol. The largest absolute Gasteiger partial charge is 0.497 e. The van der Waals surface area contributed by atoms with Crippen LogP contribution < -0.4 is 4.74 Å². The molecule has 1 rings (SSSR count). The first-order chi connectivity index (χ1) is 6.95. The molecule has 0 radical (unpaired) electrons. The van der Waals surface area contributed by atoms with Gasteiger partial charge >= 0.3 is 0 Å². The summed E-state index contributed by atoms with van der Waals surface area (Å²) in [5, 5.41) is -0.169. The Morgan fingerprint density at radius 3 is 2.27 bits per heavy atom. The number of benzene rings is 1. The third-order valence-electron chi connectivity index (χ3n) is 1.88. The van der Waals surface area contributed by atoms with Crippen molar-refractivity contribution in [1.82, 2.24) is 0 Å². The van der Waals surface area contributed by atoms with Crippen molar-refractivity contribution in [1.29, 1.82) is 0 Å². The number of thiol groups is 1. The highest BCUT2D eigenvalue weighted by atomic mass is 32.2. The van der Waals surface area contributed by atoms with Gasteiger partial charge in [-0.1, -0.05) is 6.92 Å². The van der Waals surface area contributed by atoms with E-state index in [1.54, 1.807) is 38.3 Å². The van der Waals surface area contributed by atoms with Crippen LogP contribution in [-0.4, -0.2) is 26.5 Å². The van der Waals surface area contributed by atoms with Crippen LogP contribution in [0.15, 0.2) is 29.2 Å². The minimum absolute atomic E-state index is 0.0441. The maximum Gasteiger partial charge on any atom is 0.179 e. The normalized spacial score (nSPS) is 13.5. The van der Waals surface area contributed by atoms with Gasteiger partial charge in [0.15, 0.2) is 9.84 Å². The molecule has 5 heteroatoms. The van der Waals surface area contributed by atoms with Gasteiger partial charge in [-0.2, -0.15) is 12.6 Å². The molecule has 0 aromatic heterocycles. The minimum atomic E-state index is -3.22. The first-order valence-corrected chi connectivity index (χ1v) is 6.67. The van der Waals surface area contributed by atoms with Crippen molar-refractivity contribution < 1.29 is 13.2 Å². The van der Waals surface area contributed by atoms with Crippen LogP contribution in [0.5, 0.6) is 5.75 Å². The van der Waals surface area contributed by atoms with E-state index in [0.717, 1.165) is 0 Å². The van der Waals surface area contributed by atoms with Crippen molar-refractivity contribution >= 4 is 22.5 Å². The molecule has 84 valence electrons. The van der Waals surface area contributed by atoms with Crippen LogP contribution in [0.1, 0.15) is 6.92 Å². The third-order valence-corrected chi connectivity index (χ3v) is 4.24. The van der Waals surface area contributed by atoms with Crippen LogP contribution in [0.2, 0.25) is 0 Å². The first-order valence-electron chi connectivity index (χ1n) is 4.50. The van der Waals surface area contributed by atoms with Crippen molar-refractivity contribution in [2.45, 2.75) is 17.1 Å². The van der Waals surface area contributed by atoms with Gasteiger partial charge in [0.05, 0.1) is 17.8 Å². The molecule has 15 heavy (non-hydrogen) atoms. The lowest BCUT2D eigenvalue weighted by molar-refractivity contribution is 0.414. The molecule has 0 N–H and O–H groups in total. The Balaban J connectivity index is 2.96. The summed E-state index contributed by atoms with van der Waals surface area (Å²) in [5.74, 6) is 0.690. The van der Waals surface area contributed by atoms with E-state index in [0.29, 0.717) is 10.6 Å². The van der Waals surface area contributed by atoms with Gasteiger partial charge < -0.3 is 4.74 Å². The SMILES string of the molecule is COc1ccc(S(=O)(=O)C[C@H](C)S)cc1. The predicted molar refractivity (Wildman–Crippen MR) is 63.5 cm³/mol. The van der Waals surface area contributed by atoms with Crippen LogP contribution in [-0.2, 0) is 9.84 Å². The molecule has 0 amide bonds. The summed E-state index contributed by atoms with van der Waals surface area (Å²) < 4.78 is 28.5. The summed E-state index contributed by atoms with van der Waals surface area (Å²) in [4.78, 5) is 0.309. The summed E-state index contributed by atoms with van der Waals surface area (Å²) in [5.41, 5.74) is 0. The van der Waals surface area contributed by atoms with Crippen LogP contribution in [0, 0.1) is 0 Å². The highest BCUT2D eigenvalue weighted by Crippen LogP contribution is 2.17. The average Bonchev–Trinajstić information content (AvgIpc) is 2.16. The van der Waals surface area contributed by atoms with Crippen molar-refractivity contribution in [3.63, 3.8) is 0 Å². The second-order valence-corrected chi connectivity index (χ2v) is 6.22. The molecule has 0 aliphatic rings. The molecular weight excluding hydrogens is 232 g/mol. The van der Waals surface area contributed by atoms with E-state index in [9.17, 15) is 8.42 Å². The van der Waals surface area contributed by atoms with Crippen molar-refractivity contribution in [2.24, 2.45) is 0 Å². The summed E-state index contributed by atoms with van der Waals surface area (Å²) in [6.07, 6.45) is 0. The number of hydrogen-bond donors (Lipinski definition) is 1. The summed E-state index contributed by atoms with van der Waals surface area (Å²) in [6, 6.07) is 6.36. The Morgan fingerprint density at radius 1 is 1.33 bits per heavy atom. The van der Waals surface area contributed by atoms with Gasteiger partial charge in [0.1, 0.15) is 5.75 Å². The standard InChI is InChI=1S/C10H14O3S2/c1-8(14)7-15(11,12)10-5-3-9(13-2)4-6-10/h3-6,8,14H,7H2,1-2H3/t8-/m0/s1. The summed E-state index contributed by atoms with van der Waals surface area (Å²) in [7, 11) is -1.68. The van der Waals surface area contributed by atoms with Gasteiger partial charge in [-0.15, -0.1) is 0 Å². The molecule has 1 aromatic carbocycles. The topological polar surface area (TPSA) is 43.4 Å². The second kappa shape index (κ2) is 4.90. The Labute approximate surface area is 95.8 Å². The van der Waals surface area contributed by atoms with Crippen molar-refractivity contribution in [3.8, 4) is 5.75 Å². The molecule has 0 fully saturated rings. The number of hydrogen-bond acceptors (Lipinski definition) is 4. The smallest absolute Gasteiger partial charge is 0.179 e. The lowest BCUT2D eigenvalue weighted by Crippen LogP contribution is -2.13. The molecule has 0 aliphatic heterocycles. The van der Waals surface area contributed by atoms with Gasteiger partial charge in [0.2, 0.25) is 0 Å². The van der Waals surface area contributed by atoms with Gasteiger partial charge in [-0.3, -0.25) is 0 Å². The molecule has 0 saturated carbocycles. The molecule has 0 heterocycles. The highest BCUT2D eigenvalue weighted by molar-refractivity contribution is 7.92. The van der Waals surface area contributed by atoms with E-state index < -0.39 is 9.84 Å². The fourth-order valence-electron chi connectivity index (χ4n) is 1.20. The van der Waals surface area contributed by atoms with E-state index >= 15 is 0 Å². The summed E-state index contributed by atoms with van der Waals surface area (Å²) in [6.45, 7) is 1.75. The zero-order chi connectivity index (χ0) is 11.5. The zero-order valence-electron chi connectivity index (χ0n) is 8.67. The van der Waals surface area contributed by atoms with Crippen LogP contribution in [0.3, 0.4) is 0 Å². The Hall–Kier alpha value is -0.680. The molecular formula is C10H14O3S2. The third kappa shape index (κ3) is 3.43. The molecule has 0 unspecified atom stereocenters. The van der Waals surface area contributed by atoms with Crippen molar-refractivity contribution in [2.75, 3.05) is 12.9 Å². The molecule has 0 aliphatic carbocycles. The van der Waals surface area contributed by atoms with Gasteiger partial charge in [-0.25, -0.2) is 8.42 Å². The van der Waals surface area contributed by atoms with Crippen LogP contribution in [0.4, 0.5) is 0 Å². The molecule has 0 bridgehead atoms. The lowest BCUT2D eigenvalue weighted by atomic mass is 10.3. The second-order valence-electron chi connectivity index (χ2n) is 3.31. The Bertz CT molecular complexity index is 407. The Morgan fingerprint density at radius 2 is 1.87 bits per heavy atom. The monoisotopic (exact) mass is 246 g/mol. The molecule has 0 saturated heterocycles. The minimum Gasteiger partial charge on any atom is -0.497 e. The fourth-order valence-corrected chi connectivity index (χ4v) is 3.16. The first kappa shape index (κ1) is 12.4. The maximum atomic E-state index is 11.8. The molecule has 1 aromatic rings. The molecule has 0 spiro atoms. The number of ether oxygens (including phenoxy) is 1. The van der Waals surface area contributed by atoms with Gasteiger partial charge in [-0.05, 0) is 24.3 Å². The lowest BCUT2D eigenvalue weighted by Gasteiger charge is -2.07. The molecule has 3 nitrogen and oxygen atoms in total. The van der Waals surface area contributed by atoms with Crippen LogP contribution in [0.25, 0.3) is 0 Å². The highest BCUT2D eigenvalue weighted by Gasteiger charge is 2.16. The number of sulfone groups is 1. The van der Waals surface area contributed by atoms with Crippen molar-refractivity contribution in [3.05, 3.63) is 24.3 Å². The summed E-state index contributed by atoms with van der Waals surface area (Å²) >= 11 is 4.08. The fraction of sp³-hybridized carbons (Fsp3) is 0.400. The van der Waals surface area contributed by atoms with E-state index in [2.05, 4.69) is 12.6 Å². The Kier molecular flexibility index (Phi) is 4.04. The zero-order valence-corrected chi connectivity index (χ0v) is 10.4. The van der Waals surface area contributed by atoms with Gasteiger partial charge in [0.25, 0.3) is 0 Å². The molecule has 1 atom stereocenters. The maximum absolute atomic E-state index is 11.8.